The molecule has 3 aromatic rings. The van der Waals surface area contributed by atoms with Crippen molar-refractivity contribution in [3.8, 4) is 5.75 Å². The van der Waals surface area contributed by atoms with E-state index in [-0.39, 0.29) is 18.4 Å². The molecule has 0 saturated heterocycles. The van der Waals surface area contributed by atoms with Crippen LogP contribution in [0.5, 0.6) is 5.75 Å². The van der Waals surface area contributed by atoms with Gasteiger partial charge in [-0.1, -0.05) is 18.2 Å². The summed E-state index contributed by atoms with van der Waals surface area (Å²) in [7, 11) is 0. The van der Waals surface area contributed by atoms with Gasteiger partial charge in [0.05, 0.1) is 13.2 Å². The molecule has 0 bridgehead atoms. The summed E-state index contributed by atoms with van der Waals surface area (Å²) in [4.78, 5) is 26.9. The minimum absolute atomic E-state index is 0.0847. The number of anilines is 3. The smallest absolute Gasteiger partial charge is 0.258 e. The predicted molar refractivity (Wildman–Crippen MR) is 136 cm³/mol. The highest BCUT2D eigenvalue weighted by atomic mass is 16.5. The standard InChI is InChI=1S/C27H31N3O4/c1-3-30(24-8-6-5-7-9-24)27(32)21-10-12-23(13-11-21)29-26(31)20-28-22-14-16-25(17-15-22)34-19-18-33-4-2/h5-17,28H,3-4,18-20H2,1-2H3,(H,29,31). The van der Waals surface area contributed by atoms with Crippen molar-refractivity contribution in [3.05, 3.63) is 84.4 Å². The summed E-state index contributed by atoms with van der Waals surface area (Å²) in [5.41, 5.74) is 2.85. The van der Waals surface area contributed by atoms with Crippen LogP contribution in [0.1, 0.15) is 24.2 Å². The van der Waals surface area contributed by atoms with E-state index in [0.29, 0.717) is 37.6 Å². The van der Waals surface area contributed by atoms with Crippen LogP contribution in [-0.2, 0) is 9.53 Å². The van der Waals surface area contributed by atoms with Crippen molar-refractivity contribution in [2.24, 2.45) is 0 Å². The monoisotopic (exact) mass is 461 g/mol. The van der Waals surface area contributed by atoms with Gasteiger partial charge in [0.25, 0.3) is 5.91 Å². The third-order valence-electron chi connectivity index (χ3n) is 5.05. The second-order valence-electron chi connectivity index (χ2n) is 7.43. The van der Waals surface area contributed by atoms with Crippen LogP contribution in [-0.4, -0.2) is 44.7 Å². The Hall–Kier alpha value is -3.84. The lowest BCUT2D eigenvalue weighted by atomic mass is 10.1. The SMILES string of the molecule is CCOCCOc1ccc(NCC(=O)Nc2ccc(C(=O)N(CC)c3ccccc3)cc2)cc1. The molecule has 0 aliphatic carbocycles. The van der Waals surface area contributed by atoms with E-state index in [1.807, 2.05) is 68.4 Å². The Kier molecular flexibility index (Phi) is 9.49. The van der Waals surface area contributed by atoms with Gasteiger partial charge in [-0.05, 0) is 74.5 Å². The van der Waals surface area contributed by atoms with E-state index in [2.05, 4.69) is 10.6 Å². The van der Waals surface area contributed by atoms with Gasteiger partial charge in [-0.3, -0.25) is 9.59 Å². The normalized spacial score (nSPS) is 10.4. The molecule has 2 amide bonds. The number of benzene rings is 3. The van der Waals surface area contributed by atoms with Crippen molar-refractivity contribution >= 4 is 28.9 Å². The van der Waals surface area contributed by atoms with E-state index in [1.54, 1.807) is 29.2 Å². The van der Waals surface area contributed by atoms with Crippen LogP contribution in [0.2, 0.25) is 0 Å². The maximum absolute atomic E-state index is 12.9. The van der Waals surface area contributed by atoms with Crippen LogP contribution in [0.3, 0.4) is 0 Å². The van der Waals surface area contributed by atoms with Gasteiger partial charge in [0.1, 0.15) is 12.4 Å². The van der Waals surface area contributed by atoms with Gasteiger partial charge in [-0.2, -0.15) is 0 Å². The van der Waals surface area contributed by atoms with Gasteiger partial charge in [0, 0.05) is 35.8 Å². The summed E-state index contributed by atoms with van der Waals surface area (Å²) in [5, 5.41) is 5.93. The number of carbonyl (C=O) groups is 2. The summed E-state index contributed by atoms with van der Waals surface area (Å²) in [6.45, 7) is 6.28. The van der Waals surface area contributed by atoms with Crippen molar-refractivity contribution < 1.29 is 19.1 Å². The summed E-state index contributed by atoms with van der Waals surface area (Å²) < 4.78 is 10.8. The van der Waals surface area contributed by atoms with Crippen LogP contribution in [0.15, 0.2) is 78.9 Å². The Morgan fingerprint density at radius 3 is 2.15 bits per heavy atom. The second-order valence-corrected chi connectivity index (χ2v) is 7.43. The fourth-order valence-electron chi connectivity index (χ4n) is 3.32. The molecule has 7 heteroatoms. The van der Waals surface area contributed by atoms with Crippen LogP contribution in [0, 0.1) is 0 Å². The molecule has 0 aromatic heterocycles. The van der Waals surface area contributed by atoms with Gasteiger partial charge in [0.15, 0.2) is 0 Å². The zero-order chi connectivity index (χ0) is 24.2. The molecule has 0 spiro atoms. The van der Waals surface area contributed by atoms with E-state index in [4.69, 9.17) is 9.47 Å². The Morgan fingerprint density at radius 1 is 0.824 bits per heavy atom. The fourth-order valence-corrected chi connectivity index (χ4v) is 3.32. The summed E-state index contributed by atoms with van der Waals surface area (Å²) in [5.74, 6) is 0.479. The Bertz CT molecular complexity index is 1040. The molecule has 0 fully saturated rings. The van der Waals surface area contributed by atoms with Gasteiger partial charge in [0.2, 0.25) is 5.91 Å². The first-order chi connectivity index (χ1) is 16.6. The molecule has 2 N–H and O–H groups in total. The Morgan fingerprint density at radius 2 is 1.50 bits per heavy atom. The van der Waals surface area contributed by atoms with Crippen LogP contribution < -0.4 is 20.3 Å². The first kappa shape index (κ1) is 24.8. The highest BCUT2D eigenvalue weighted by Gasteiger charge is 2.16. The average molecular weight is 462 g/mol. The first-order valence-corrected chi connectivity index (χ1v) is 11.4. The average Bonchev–Trinajstić information content (AvgIpc) is 2.87. The molecule has 0 heterocycles. The predicted octanol–water partition coefficient (Wildman–Crippen LogP) is 4.82. The molecule has 178 valence electrons. The van der Waals surface area contributed by atoms with Crippen molar-refractivity contribution in [1.82, 2.24) is 0 Å². The largest absolute Gasteiger partial charge is 0.491 e. The molecule has 0 saturated carbocycles. The maximum Gasteiger partial charge on any atom is 0.258 e. The van der Waals surface area contributed by atoms with Crippen LogP contribution in [0.4, 0.5) is 17.1 Å². The molecular weight excluding hydrogens is 430 g/mol. The molecule has 0 unspecified atom stereocenters. The minimum Gasteiger partial charge on any atom is -0.491 e. The third-order valence-corrected chi connectivity index (χ3v) is 5.05. The second kappa shape index (κ2) is 13.0. The molecule has 7 nitrogen and oxygen atoms in total. The summed E-state index contributed by atoms with van der Waals surface area (Å²) in [6.07, 6.45) is 0. The highest BCUT2D eigenvalue weighted by Crippen LogP contribution is 2.18. The first-order valence-electron chi connectivity index (χ1n) is 11.4. The van der Waals surface area contributed by atoms with Gasteiger partial charge < -0.3 is 25.0 Å². The quantitative estimate of drug-likeness (QED) is 0.378. The topological polar surface area (TPSA) is 79.9 Å². The minimum atomic E-state index is -0.185. The number of ether oxygens (including phenoxy) is 2. The number of hydrogen-bond acceptors (Lipinski definition) is 5. The van der Waals surface area contributed by atoms with Crippen molar-refractivity contribution in [2.75, 3.05) is 48.4 Å². The Labute approximate surface area is 200 Å². The number of carbonyl (C=O) groups excluding carboxylic acids is 2. The van der Waals surface area contributed by atoms with Crippen molar-refractivity contribution in [2.45, 2.75) is 13.8 Å². The van der Waals surface area contributed by atoms with Gasteiger partial charge >= 0.3 is 0 Å². The molecule has 3 rings (SSSR count). The van der Waals surface area contributed by atoms with Gasteiger partial charge in [-0.25, -0.2) is 0 Å². The zero-order valence-corrected chi connectivity index (χ0v) is 19.6. The van der Waals surface area contributed by atoms with E-state index < -0.39 is 0 Å². The Balaban J connectivity index is 1.47. The molecule has 0 aliphatic rings. The number of hydrogen-bond donors (Lipinski definition) is 2. The maximum atomic E-state index is 12.9. The summed E-state index contributed by atoms with van der Waals surface area (Å²) >= 11 is 0. The molecular formula is C27H31N3O4. The van der Waals surface area contributed by atoms with E-state index in [1.165, 1.54) is 0 Å². The van der Waals surface area contributed by atoms with Crippen LogP contribution in [0.25, 0.3) is 0 Å². The lowest BCUT2D eigenvalue weighted by Crippen LogP contribution is -2.30. The lowest BCUT2D eigenvalue weighted by molar-refractivity contribution is -0.114. The van der Waals surface area contributed by atoms with E-state index >= 15 is 0 Å². The van der Waals surface area contributed by atoms with Crippen molar-refractivity contribution in [3.63, 3.8) is 0 Å². The number of amides is 2. The van der Waals surface area contributed by atoms with Crippen LogP contribution >= 0.6 is 0 Å². The number of para-hydroxylation sites is 1. The zero-order valence-electron chi connectivity index (χ0n) is 19.6. The highest BCUT2D eigenvalue weighted by molar-refractivity contribution is 6.06. The van der Waals surface area contributed by atoms with E-state index in [0.717, 1.165) is 17.1 Å². The van der Waals surface area contributed by atoms with Crippen molar-refractivity contribution in [1.29, 1.82) is 0 Å². The third kappa shape index (κ3) is 7.35. The number of rotatable bonds is 12. The fraction of sp³-hybridized carbons (Fsp3) is 0.259. The molecule has 34 heavy (non-hydrogen) atoms. The molecule has 0 aliphatic heterocycles. The number of nitrogens with one attached hydrogen (secondary N) is 2. The van der Waals surface area contributed by atoms with Gasteiger partial charge in [-0.15, -0.1) is 0 Å². The van der Waals surface area contributed by atoms with E-state index in [9.17, 15) is 9.59 Å². The molecule has 3 aromatic carbocycles. The molecule has 0 atom stereocenters. The lowest BCUT2D eigenvalue weighted by Gasteiger charge is -2.21. The summed E-state index contributed by atoms with van der Waals surface area (Å²) in [6, 6.07) is 23.9. The number of nitrogens with zero attached hydrogens (tertiary/aromatic N) is 1. The molecule has 0 radical (unpaired) electrons.